The summed E-state index contributed by atoms with van der Waals surface area (Å²) in [6, 6.07) is 11.5. The lowest BCUT2D eigenvalue weighted by atomic mass is 10.2. The Bertz CT molecular complexity index is 766. The summed E-state index contributed by atoms with van der Waals surface area (Å²) in [5.74, 6) is 1.69. The number of thioether (sulfide) groups is 1. The number of non-ortho nitro benzene ring substituents is 1. The number of carbonyl (C=O) groups is 1. The largest absolute Gasteiger partial charge is 0.497 e. The van der Waals surface area contributed by atoms with E-state index in [1.165, 1.54) is 31.0 Å². The first-order valence-electron chi connectivity index (χ1n) is 7.36. The molecule has 0 spiro atoms. The van der Waals surface area contributed by atoms with Crippen LogP contribution in [-0.4, -0.2) is 30.8 Å². The molecule has 132 valence electrons. The Balaban J connectivity index is 1.89. The molecule has 0 aliphatic carbocycles. The highest BCUT2D eigenvalue weighted by Gasteiger charge is 2.10. The molecular formula is C17H18N2O5S. The van der Waals surface area contributed by atoms with Gasteiger partial charge >= 0.3 is 0 Å². The summed E-state index contributed by atoms with van der Waals surface area (Å²) in [5, 5.41) is 13.5. The zero-order chi connectivity index (χ0) is 18.2. The number of ether oxygens (including phenoxy) is 2. The summed E-state index contributed by atoms with van der Waals surface area (Å²) >= 11 is 1.38. The number of amides is 1. The number of carbonyl (C=O) groups excluding carboxylic acids is 1. The number of nitro groups is 1. The lowest BCUT2D eigenvalue weighted by Crippen LogP contribution is -2.14. The molecule has 7 nitrogen and oxygen atoms in total. The molecule has 1 N–H and O–H groups in total. The van der Waals surface area contributed by atoms with Crippen LogP contribution in [0.4, 0.5) is 11.4 Å². The molecular weight excluding hydrogens is 344 g/mol. The topological polar surface area (TPSA) is 90.7 Å². The van der Waals surface area contributed by atoms with Crippen LogP contribution in [0.5, 0.6) is 11.5 Å². The van der Waals surface area contributed by atoms with E-state index in [1.54, 1.807) is 37.4 Å². The molecule has 0 heterocycles. The zero-order valence-electron chi connectivity index (χ0n) is 13.9. The monoisotopic (exact) mass is 362 g/mol. The Labute approximate surface area is 149 Å². The number of rotatable bonds is 8. The van der Waals surface area contributed by atoms with E-state index >= 15 is 0 Å². The van der Waals surface area contributed by atoms with Gasteiger partial charge in [0, 0.05) is 24.0 Å². The molecule has 2 rings (SSSR count). The van der Waals surface area contributed by atoms with Crippen LogP contribution in [0.3, 0.4) is 0 Å². The van der Waals surface area contributed by atoms with Crippen molar-refractivity contribution in [2.75, 3.05) is 25.3 Å². The summed E-state index contributed by atoms with van der Waals surface area (Å²) in [5.41, 5.74) is 1.41. The van der Waals surface area contributed by atoms with Crippen LogP contribution in [0, 0.1) is 10.1 Å². The van der Waals surface area contributed by atoms with Crippen molar-refractivity contribution in [1.29, 1.82) is 0 Å². The zero-order valence-corrected chi connectivity index (χ0v) is 14.7. The Kier molecular flexibility index (Phi) is 6.64. The molecule has 0 fully saturated rings. The second-order valence-electron chi connectivity index (χ2n) is 5.03. The van der Waals surface area contributed by atoms with Gasteiger partial charge in [-0.1, -0.05) is 12.1 Å². The van der Waals surface area contributed by atoms with Gasteiger partial charge in [-0.05, 0) is 17.7 Å². The van der Waals surface area contributed by atoms with E-state index < -0.39 is 4.92 Å². The summed E-state index contributed by atoms with van der Waals surface area (Å²) in [6.07, 6.45) is 0. The predicted molar refractivity (Wildman–Crippen MR) is 97.4 cm³/mol. The lowest BCUT2D eigenvalue weighted by molar-refractivity contribution is -0.384. The van der Waals surface area contributed by atoms with Crippen LogP contribution in [-0.2, 0) is 10.5 Å². The number of nitro benzene ring substituents is 1. The molecule has 2 aromatic rings. The Morgan fingerprint density at radius 1 is 1.20 bits per heavy atom. The van der Waals surface area contributed by atoms with Gasteiger partial charge in [0.15, 0.2) is 0 Å². The number of methoxy groups -OCH3 is 2. The van der Waals surface area contributed by atoms with Crippen LogP contribution in [0.1, 0.15) is 5.56 Å². The van der Waals surface area contributed by atoms with E-state index in [0.717, 1.165) is 5.56 Å². The minimum atomic E-state index is -0.434. The first-order valence-corrected chi connectivity index (χ1v) is 8.52. The normalized spacial score (nSPS) is 10.2. The van der Waals surface area contributed by atoms with Gasteiger partial charge in [-0.2, -0.15) is 0 Å². The van der Waals surface area contributed by atoms with Crippen LogP contribution >= 0.6 is 11.8 Å². The average molecular weight is 362 g/mol. The minimum Gasteiger partial charge on any atom is -0.497 e. The molecule has 8 heteroatoms. The minimum absolute atomic E-state index is 0.0468. The van der Waals surface area contributed by atoms with Crippen molar-refractivity contribution in [1.82, 2.24) is 0 Å². The summed E-state index contributed by atoms with van der Waals surface area (Å²) in [7, 11) is 3.07. The third kappa shape index (κ3) is 5.39. The number of nitrogens with zero attached hydrogens (tertiary/aromatic N) is 1. The van der Waals surface area contributed by atoms with E-state index in [4.69, 9.17) is 9.47 Å². The molecule has 2 aromatic carbocycles. The predicted octanol–water partition coefficient (Wildman–Crippen LogP) is 3.48. The molecule has 1 amide bonds. The van der Waals surface area contributed by atoms with Crippen molar-refractivity contribution in [3.8, 4) is 11.5 Å². The second-order valence-corrected chi connectivity index (χ2v) is 6.02. The van der Waals surface area contributed by atoms with Gasteiger partial charge in [0.05, 0.1) is 30.6 Å². The van der Waals surface area contributed by atoms with E-state index in [-0.39, 0.29) is 17.3 Å². The molecule has 0 saturated heterocycles. The Morgan fingerprint density at radius 2 is 2.00 bits per heavy atom. The number of nitrogens with one attached hydrogen (secondary N) is 1. The maximum Gasteiger partial charge on any atom is 0.269 e. The number of benzene rings is 2. The fourth-order valence-electron chi connectivity index (χ4n) is 2.11. The van der Waals surface area contributed by atoms with Crippen molar-refractivity contribution in [2.24, 2.45) is 0 Å². The van der Waals surface area contributed by atoms with Gasteiger partial charge in [-0.15, -0.1) is 11.8 Å². The standard InChI is InChI=1S/C17H18N2O5S/c1-23-14-6-7-15(16(9-14)24-2)18-17(20)11-25-10-12-4-3-5-13(8-12)19(21)22/h3-9H,10-11H2,1-2H3,(H,18,20). The number of hydrogen-bond donors (Lipinski definition) is 1. The van der Waals surface area contributed by atoms with Gasteiger partial charge < -0.3 is 14.8 Å². The van der Waals surface area contributed by atoms with E-state index in [1.807, 2.05) is 0 Å². The van der Waals surface area contributed by atoms with Gasteiger partial charge in [0.1, 0.15) is 11.5 Å². The fraction of sp³-hybridized carbons (Fsp3) is 0.235. The van der Waals surface area contributed by atoms with Gasteiger partial charge in [-0.3, -0.25) is 14.9 Å². The SMILES string of the molecule is COc1ccc(NC(=O)CSCc2cccc([N+](=O)[O-])c2)c(OC)c1. The summed E-state index contributed by atoms with van der Waals surface area (Å²) in [6.45, 7) is 0. The van der Waals surface area contributed by atoms with E-state index in [2.05, 4.69) is 5.32 Å². The third-order valence-electron chi connectivity index (χ3n) is 3.31. The molecule has 0 aliphatic rings. The molecule has 25 heavy (non-hydrogen) atoms. The highest BCUT2D eigenvalue weighted by Crippen LogP contribution is 2.29. The van der Waals surface area contributed by atoms with Crippen molar-refractivity contribution < 1.29 is 19.2 Å². The Hall–Kier alpha value is -2.74. The number of anilines is 1. The first-order chi connectivity index (χ1) is 12.0. The van der Waals surface area contributed by atoms with E-state index in [9.17, 15) is 14.9 Å². The summed E-state index contributed by atoms with van der Waals surface area (Å²) in [4.78, 5) is 22.4. The third-order valence-corrected chi connectivity index (χ3v) is 4.31. The van der Waals surface area contributed by atoms with Crippen LogP contribution in [0.25, 0.3) is 0 Å². The molecule has 0 aliphatic heterocycles. The quantitative estimate of drug-likeness (QED) is 0.571. The maximum absolute atomic E-state index is 12.1. The van der Waals surface area contributed by atoms with Crippen molar-refractivity contribution in [3.05, 3.63) is 58.1 Å². The van der Waals surface area contributed by atoms with Crippen LogP contribution < -0.4 is 14.8 Å². The van der Waals surface area contributed by atoms with Gasteiger partial charge in [0.25, 0.3) is 5.69 Å². The molecule has 0 saturated carbocycles. The lowest BCUT2D eigenvalue weighted by Gasteiger charge is -2.11. The molecule has 0 unspecified atom stereocenters. The maximum atomic E-state index is 12.1. The van der Waals surface area contributed by atoms with Crippen molar-refractivity contribution in [3.63, 3.8) is 0 Å². The Morgan fingerprint density at radius 3 is 2.68 bits per heavy atom. The highest BCUT2D eigenvalue weighted by molar-refractivity contribution is 7.99. The molecule has 0 bridgehead atoms. The van der Waals surface area contributed by atoms with Crippen molar-refractivity contribution >= 4 is 29.0 Å². The van der Waals surface area contributed by atoms with E-state index in [0.29, 0.717) is 22.9 Å². The van der Waals surface area contributed by atoms with Crippen LogP contribution in [0.15, 0.2) is 42.5 Å². The molecule has 0 radical (unpaired) electrons. The van der Waals surface area contributed by atoms with Gasteiger partial charge in [0.2, 0.25) is 5.91 Å². The molecule has 0 atom stereocenters. The average Bonchev–Trinajstić information content (AvgIpc) is 2.62. The fourth-order valence-corrected chi connectivity index (χ4v) is 2.88. The number of hydrogen-bond acceptors (Lipinski definition) is 6. The summed E-state index contributed by atoms with van der Waals surface area (Å²) < 4.78 is 10.3. The van der Waals surface area contributed by atoms with Gasteiger partial charge in [-0.25, -0.2) is 0 Å². The second kappa shape index (κ2) is 8.93. The molecule has 0 aromatic heterocycles. The van der Waals surface area contributed by atoms with Crippen molar-refractivity contribution in [2.45, 2.75) is 5.75 Å². The van der Waals surface area contributed by atoms with Crippen LogP contribution in [0.2, 0.25) is 0 Å². The first kappa shape index (κ1) is 18.6. The smallest absolute Gasteiger partial charge is 0.269 e. The highest BCUT2D eigenvalue weighted by atomic mass is 32.2.